The summed E-state index contributed by atoms with van der Waals surface area (Å²) < 4.78 is 33.6. The van der Waals surface area contributed by atoms with Crippen molar-refractivity contribution in [3.8, 4) is 11.5 Å². The SMILES string of the molecule is Cc1n[nH]c2cc(OCCNC[C@H](O)c3cccc(NS(=O)(=O)c4cc(Cl)cc(Cl)c4O)c3)ccc12. The van der Waals surface area contributed by atoms with Gasteiger partial charge in [-0.2, -0.15) is 5.10 Å². The number of nitrogens with zero attached hydrogens (tertiary/aromatic N) is 1. The molecule has 1 aromatic heterocycles. The van der Waals surface area contributed by atoms with Crippen LogP contribution < -0.4 is 14.8 Å². The monoisotopic (exact) mass is 550 g/mol. The van der Waals surface area contributed by atoms with Crippen molar-refractivity contribution in [2.45, 2.75) is 17.9 Å². The second-order valence-corrected chi connectivity index (χ2v) is 10.5. The molecule has 0 aliphatic heterocycles. The van der Waals surface area contributed by atoms with Crippen molar-refractivity contribution in [2.75, 3.05) is 24.4 Å². The second kappa shape index (κ2) is 10.9. The molecular weight excluding hydrogens is 527 g/mol. The quantitative estimate of drug-likeness (QED) is 0.185. The lowest BCUT2D eigenvalue weighted by atomic mass is 10.1. The van der Waals surface area contributed by atoms with E-state index >= 15 is 0 Å². The third kappa shape index (κ3) is 6.03. The Morgan fingerprint density at radius 1 is 1.14 bits per heavy atom. The van der Waals surface area contributed by atoms with Crippen LogP contribution in [0.25, 0.3) is 10.9 Å². The molecule has 3 aromatic carbocycles. The number of H-pyrrole nitrogens is 1. The highest BCUT2D eigenvalue weighted by molar-refractivity contribution is 7.92. The van der Waals surface area contributed by atoms with E-state index in [2.05, 4.69) is 20.2 Å². The summed E-state index contributed by atoms with van der Waals surface area (Å²) in [5.74, 6) is 0.108. The fourth-order valence-corrected chi connectivity index (χ4v) is 5.40. The summed E-state index contributed by atoms with van der Waals surface area (Å²) in [5, 5.41) is 31.8. The normalized spacial score (nSPS) is 12.6. The molecule has 0 bridgehead atoms. The predicted octanol–water partition coefficient (Wildman–Crippen LogP) is 4.39. The Balaban J connectivity index is 1.31. The molecular formula is C24H24Cl2N4O5S. The van der Waals surface area contributed by atoms with E-state index in [9.17, 15) is 18.6 Å². The van der Waals surface area contributed by atoms with Gasteiger partial charge in [0.1, 0.15) is 17.3 Å². The minimum absolute atomic E-state index is 0.0642. The highest BCUT2D eigenvalue weighted by Gasteiger charge is 2.22. The van der Waals surface area contributed by atoms with Crippen LogP contribution in [0.3, 0.4) is 0 Å². The number of nitrogens with one attached hydrogen (secondary N) is 3. The van der Waals surface area contributed by atoms with Crippen LogP contribution in [0.5, 0.6) is 11.5 Å². The second-order valence-electron chi connectivity index (χ2n) is 8.05. The summed E-state index contributed by atoms with van der Waals surface area (Å²) in [6, 6.07) is 14.4. The number of sulfonamides is 1. The van der Waals surface area contributed by atoms with Crippen LogP contribution in [-0.4, -0.2) is 48.5 Å². The van der Waals surface area contributed by atoms with E-state index in [4.69, 9.17) is 27.9 Å². The molecule has 0 saturated heterocycles. The molecule has 0 fully saturated rings. The van der Waals surface area contributed by atoms with Gasteiger partial charge >= 0.3 is 0 Å². The zero-order valence-corrected chi connectivity index (χ0v) is 21.5. The van der Waals surface area contributed by atoms with Crippen molar-refractivity contribution in [1.82, 2.24) is 15.5 Å². The molecule has 1 heterocycles. The molecule has 12 heteroatoms. The lowest BCUT2D eigenvalue weighted by Crippen LogP contribution is -2.26. The number of hydrogen-bond donors (Lipinski definition) is 5. The number of phenols is 1. The summed E-state index contributed by atoms with van der Waals surface area (Å²) in [6.45, 7) is 3.03. The Morgan fingerprint density at radius 2 is 1.94 bits per heavy atom. The molecule has 0 aliphatic rings. The molecule has 4 aromatic rings. The number of hydrogen-bond acceptors (Lipinski definition) is 7. The minimum Gasteiger partial charge on any atom is -0.505 e. The number of ether oxygens (including phenoxy) is 1. The van der Waals surface area contributed by atoms with Gasteiger partial charge in [0.15, 0.2) is 5.75 Å². The number of halogens is 2. The maximum Gasteiger partial charge on any atom is 0.265 e. The largest absolute Gasteiger partial charge is 0.505 e. The van der Waals surface area contributed by atoms with E-state index in [0.29, 0.717) is 24.5 Å². The maximum atomic E-state index is 12.8. The Kier molecular flexibility index (Phi) is 7.91. The van der Waals surface area contributed by atoms with E-state index in [1.54, 1.807) is 12.1 Å². The number of anilines is 1. The topological polar surface area (TPSA) is 137 Å². The van der Waals surface area contributed by atoms with Gasteiger partial charge in [-0.25, -0.2) is 8.42 Å². The summed E-state index contributed by atoms with van der Waals surface area (Å²) in [5.41, 5.74) is 2.53. The molecule has 0 amide bonds. The molecule has 5 N–H and O–H groups in total. The number of fused-ring (bicyclic) bond motifs is 1. The van der Waals surface area contributed by atoms with Gasteiger partial charge in [-0.1, -0.05) is 35.3 Å². The number of benzene rings is 3. The van der Waals surface area contributed by atoms with Crippen molar-refractivity contribution >= 4 is 49.8 Å². The molecule has 36 heavy (non-hydrogen) atoms. The number of rotatable bonds is 10. The molecule has 0 unspecified atom stereocenters. The Labute approximate surface area is 218 Å². The molecule has 0 radical (unpaired) electrons. The average molecular weight is 551 g/mol. The van der Waals surface area contributed by atoms with Gasteiger partial charge in [-0.3, -0.25) is 9.82 Å². The Bertz CT molecular complexity index is 1490. The number of aliphatic hydroxyl groups is 1. The number of aromatic hydroxyl groups is 1. The van der Waals surface area contributed by atoms with Crippen LogP contribution in [0.2, 0.25) is 10.0 Å². The van der Waals surface area contributed by atoms with Crippen LogP contribution in [0, 0.1) is 6.92 Å². The van der Waals surface area contributed by atoms with Crippen LogP contribution in [0.15, 0.2) is 59.5 Å². The standard InChI is InChI=1S/C24H24Cl2N4O5S/c1-14-19-6-5-18(12-21(19)29-28-14)35-8-7-27-13-22(31)15-3-2-4-17(9-15)30-36(33,34)23-11-16(25)10-20(26)24(23)32/h2-6,9-12,22,27,30-32H,7-8,13H2,1H3,(H,28,29)/t22-/m0/s1. The van der Waals surface area contributed by atoms with Crippen LogP contribution in [0.1, 0.15) is 17.4 Å². The van der Waals surface area contributed by atoms with Crippen LogP contribution >= 0.6 is 23.2 Å². The van der Waals surface area contributed by atoms with E-state index in [1.807, 2.05) is 25.1 Å². The van der Waals surface area contributed by atoms with Gasteiger partial charge in [-0.15, -0.1) is 0 Å². The van der Waals surface area contributed by atoms with Crippen LogP contribution in [-0.2, 0) is 10.0 Å². The fraction of sp³-hybridized carbons (Fsp3) is 0.208. The fourth-order valence-electron chi connectivity index (χ4n) is 3.59. The van der Waals surface area contributed by atoms with Crippen molar-refractivity contribution in [2.24, 2.45) is 0 Å². The van der Waals surface area contributed by atoms with E-state index in [0.717, 1.165) is 22.7 Å². The number of aromatic nitrogens is 2. The third-order valence-electron chi connectivity index (χ3n) is 5.42. The number of aryl methyl sites for hydroxylation is 1. The molecule has 1 atom stereocenters. The number of aliphatic hydroxyl groups excluding tert-OH is 1. The van der Waals surface area contributed by atoms with Crippen LogP contribution in [0.4, 0.5) is 5.69 Å². The molecule has 0 saturated carbocycles. The molecule has 190 valence electrons. The average Bonchev–Trinajstić information content (AvgIpc) is 3.20. The summed E-state index contributed by atoms with van der Waals surface area (Å²) >= 11 is 11.7. The minimum atomic E-state index is -4.18. The van der Waals surface area contributed by atoms with Gasteiger partial charge in [0, 0.05) is 35.3 Å². The number of aromatic amines is 1. The first-order chi connectivity index (χ1) is 17.1. The van der Waals surface area contributed by atoms with Gasteiger partial charge in [-0.05, 0) is 48.9 Å². The highest BCUT2D eigenvalue weighted by atomic mass is 35.5. The third-order valence-corrected chi connectivity index (χ3v) is 7.32. The highest BCUT2D eigenvalue weighted by Crippen LogP contribution is 2.35. The smallest absolute Gasteiger partial charge is 0.265 e. The van der Waals surface area contributed by atoms with Gasteiger partial charge < -0.3 is 20.3 Å². The molecule has 9 nitrogen and oxygen atoms in total. The summed E-state index contributed by atoms with van der Waals surface area (Å²) in [4.78, 5) is -0.450. The first-order valence-electron chi connectivity index (χ1n) is 10.9. The zero-order chi connectivity index (χ0) is 25.9. The van der Waals surface area contributed by atoms with E-state index in [1.165, 1.54) is 18.2 Å². The van der Waals surface area contributed by atoms with Crippen molar-refractivity contribution in [3.63, 3.8) is 0 Å². The van der Waals surface area contributed by atoms with Gasteiger partial charge in [0.2, 0.25) is 0 Å². The van der Waals surface area contributed by atoms with Crippen molar-refractivity contribution < 1.29 is 23.4 Å². The zero-order valence-electron chi connectivity index (χ0n) is 19.1. The van der Waals surface area contributed by atoms with Crippen molar-refractivity contribution in [1.29, 1.82) is 0 Å². The lowest BCUT2D eigenvalue weighted by Gasteiger charge is -2.15. The number of phenolic OH excluding ortho intramolecular Hbond substituents is 1. The molecule has 4 rings (SSSR count). The predicted molar refractivity (Wildman–Crippen MR) is 140 cm³/mol. The molecule has 0 spiro atoms. The first-order valence-corrected chi connectivity index (χ1v) is 13.1. The lowest BCUT2D eigenvalue weighted by molar-refractivity contribution is 0.172. The Hall–Kier alpha value is -3.02. The maximum absolute atomic E-state index is 12.8. The van der Waals surface area contributed by atoms with Gasteiger partial charge in [0.25, 0.3) is 10.0 Å². The summed E-state index contributed by atoms with van der Waals surface area (Å²) in [7, 11) is -4.18. The van der Waals surface area contributed by atoms with E-state index in [-0.39, 0.29) is 22.3 Å². The van der Waals surface area contributed by atoms with Gasteiger partial charge in [0.05, 0.1) is 22.3 Å². The van der Waals surface area contributed by atoms with E-state index < -0.39 is 26.8 Å². The molecule has 0 aliphatic carbocycles. The first kappa shape index (κ1) is 26.1. The summed E-state index contributed by atoms with van der Waals surface area (Å²) in [6.07, 6.45) is -0.896. The van der Waals surface area contributed by atoms with Crippen molar-refractivity contribution in [3.05, 3.63) is 75.9 Å². The Morgan fingerprint density at radius 3 is 2.75 bits per heavy atom.